The van der Waals surface area contributed by atoms with Crippen molar-refractivity contribution in [3.63, 3.8) is 0 Å². The Morgan fingerprint density at radius 2 is 0.522 bits per heavy atom. The lowest BCUT2D eigenvalue weighted by atomic mass is 10.1. The number of hydrogen-bond acceptors (Lipinski definition) is 14. The van der Waals surface area contributed by atoms with Gasteiger partial charge in [-0.3, -0.25) is 0 Å². The molecule has 0 aliphatic carbocycles. The maximum atomic E-state index is 6.92. The van der Waals surface area contributed by atoms with Crippen LogP contribution in [0, 0.1) is 0 Å². The van der Waals surface area contributed by atoms with Gasteiger partial charge in [0.25, 0.3) is 0 Å². The van der Waals surface area contributed by atoms with Crippen LogP contribution in [0.2, 0.25) is 0 Å². The van der Waals surface area contributed by atoms with Crippen molar-refractivity contribution in [2.45, 2.75) is 39.4 Å². The van der Waals surface area contributed by atoms with Gasteiger partial charge in [-0.15, -0.1) is 20.0 Å². The SMILES string of the molecule is c1cc[n+](N(Cc2cc(CN(c3nc4ccccc4s3)[n+]3ccccc3)cc(OCc3cccc(COc4cc(CN(c5nc6ccccc6s5)[n+]5ccccc5)cc(CN(c5nc6ccccc6s5)[n+]5ccccc5)c4)c3)c2)c2nc3ccccc3s2)cc1. The molecule has 0 amide bonds. The Kier molecular flexibility index (Phi) is 16.0. The van der Waals surface area contributed by atoms with Crippen molar-refractivity contribution in [2.24, 2.45) is 0 Å². The molecule has 0 aliphatic heterocycles. The van der Waals surface area contributed by atoms with Gasteiger partial charge in [0, 0.05) is 48.5 Å². The van der Waals surface area contributed by atoms with Gasteiger partial charge in [0.1, 0.15) is 50.9 Å². The van der Waals surface area contributed by atoms with Gasteiger partial charge in [-0.2, -0.15) is 0 Å². The van der Waals surface area contributed by atoms with Crippen LogP contribution in [0.5, 0.6) is 11.5 Å². The molecule has 0 spiro atoms. The molecule has 0 radical (unpaired) electrons. The van der Waals surface area contributed by atoms with E-state index in [1.165, 1.54) is 0 Å². The second kappa shape index (κ2) is 25.7. The number of thiazole rings is 4. The van der Waals surface area contributed by atoms with Crippen LogP contribution in [0.3, 0.4) is 0 Å². The Hall–Kier alpha value is -10.5. The lowest BCUT2D eigenvalue weighted by molar-refractivity contribution is -0.686. The van der Waals surface area contributed by atoms with Crippen molar-refractivity contribution in [2.75, 3.05) is 20.0 Å². The number of aromatic nitrogens is 8. The molecule has 7 aromatic carbocycles. The largest absolute Gasteiger partial charge is 0.489 e. The van der Waals surface area contributed by atoms with Gasteiger partial charge in [-0.25, -0.2) is 19.9 Å². The minimum Gasteiger partial charge on any atom is -0.489 e. The fourth-order valence-electron chi connectivity index (χ4n) is 10.9. The molecule has 8 heterocycles. The minimum atomic E-state index is 0.331. The molecule has 8 aromatic heterocycles. The first-order valence-electron chi connectivity index (χ1n) is 29.5. The zero-order valence-corrected chi connectivity index (χ0v) is 51.9. The number of rotatable bonds is 22. The van der Waals surface area contributed by atoms with Crippen LogP contribution >= 0.6 is 45.3 Å². The van der Waals surface area contributed by atoms with E-state index in [-0.39, 0.29) is 0 Å². The molecule has 438 valence electrons. The van der Waals surface area contributed by atoms with Crippen LogP contribution in [0.4, 0.5) is 20.5 Å². The van der Waals surface area contributed by atoms with Gasteiger partial charge in [0.05, 0.1) is 40.9 Å². The fraction of sp³-hybridized carbons (Fsp3) is 0.0833. The Morgan fingerprint density at radius 1 is 0.267 bits per heavy atom. The highest BCUT2D eigenvalue weighted by molar-refractivity contribution is 7.23. The predicted octanol–water partition coefficient (Wildman–Crippen LogP) is 14.3. The zero-order chi connectivity index (χ0) is 60.0. The monoisotopic (exact) mass is 1250 g/mol. The first kappa shape index (κ1) is 56.0. The second-order valence-electron chi connectivity index (χ2n) is 21.5. The molecule has 0 N–H and O–H groups in total. The standard InChI is InChI=1S/C72H58N12O2S4/c1-13-32-77(33-14-1)81(69-73-61-24-5-9-28-65(61)87-69)47-55-41-56(48-82(78-34-15-2-16-35-78)70-74-62-25-6-10-29-66(62)88-70)44-59(43-55)85-51-53-22-21-23-54(40-53)52-86-60-45-57(49-83(79-36-17-3-18-37-79)71-75-63-26-7-11-30-67(63)89-71)42-58(46-60)50-84(80-38-19-4-20-39-80)72-76-64-27-8-12-31-68(64)90-72/h1-46H,47-52H2/q+4. The van der Waals surface area contributed by atoms with Crippen LogP contribution in [-0.2, 0) is 39.4 Å². The summed E-state index contributed by atoms with van der Waals surface area (Å²) < 4.78 is 26.8. The molecule has 90 heavy (non-hydrogen) atoms. The third-order valence-corrected chi connectivity index (χ3v) is 19.3. The highest BCUT2D eigenvalue weighted by atomic mass is 32.1. The highest BCUT2D eigenvalue weighted by Crippen LogP contribution is 2.35. The van der Waals surface area contributed by atoms with Gasteiger partial charge in [0.15, 0.2) is 49.6 Å². The smallest absolute Gasteiger partial charge is 0.245 e. The van der Waals surface area contributed by atoms with E-state index in [2.05, 4.69) is 222 Å². The van der Waals surface area contributed by atoms with Crippen molar-refractivity contribution in [1.29, 1.82) is 0 Å². The Labute approximate surface area is 535 Å². The van der Waals surface area contributed by atoms with Crippen LogP contribution in [0.1, 0.15) is 33.4 Å². The molecular formula is C72H58N12O2S4+4. The summed E-state index contributed by atoms with van der Waals surface area (Å²) in [6.45, 7) is 2.73. The van der Waals surface area contributed by atoms with E-state index in [4.69, 9.17) is 29.4 Å². The number of nitrogens with zero attached hydrogens (tertiary/aromatic N) is 12. The number of para-hydroxylation sites is 4. The average Bonchev–Trinajstić information content (AvgIpc) is 3.26. The van der Waals surface area contributed by atoms with Gasteiger partial charge in [0.2, 0.25) is 20.5 Å². The summed E-state index contributed by atoms with van der Waals surface area (Å²) in [6.07, 6.45) is 16.5. The van der Waals surface area contributed by atoms with E-state index < -0.39 is 0 Å². The second-order valence-corrected chi connectivity index (χ2v) is 25.5. The number of anilines is 4. The maximum absolute atomic E-state index is 6.92. The summed E-state index contributed by atoms with van der Waals surface area (Å²) in [5, 5.41) is 12.4. The van der Waals surface area contributed by atoms with Crippen LogP contribution in [0.25, 0.3) is 40.9 Å². The Balaban J connectivity index is 0.740. The third kappa shape index (κ3) is 12.6. The van der Waals surface area contributed by atoms with Crippen LogP contribution in [-0.4, -0.2) is 19.9 Å². The first-order valence-corrected chi connectivity index (χ1v) is 32.7. The van der Waals surface area contributed by atoms with Crippen LogP contribution in [0.15, 0.2) is 280 Å². The minimum absolute atomic E-state index is 0.331. The highest BCUT2D eigenvalue weighted by Gasteiger charge is 2.28. The normalized spacial score (nSPS) is 11.4. The fourth-order valence-corrected chi connectivity index (χ4v) is 14.8. The molecule has 0 bridgehead atoms. The van der Waals surface area contributed by atoms with Crippen LogP contribution < -0.4 is 48.2 Å². The molecule has 0 saturated heterocycles. The van der Waals surface area contributed by atoms with E-state index in [0.29, 0.717) is 39.4 Å². The Morgan fingerprint density at radius 3 is 0.789 bits per heavy atom. The zero-order valence-electron chi connectivity index (χ0n) is 48.6. The molecule has 0 unspecified atom stereocenters. The number of ether oxygens (including phenoxy) is 2. The summed E-state index contributed by atoms with van der Waals surface area (Å²) in [7, 11) is 0. The predicted molar refractivity (Wildman–Crippen MR) is 359 cm³/mol. The van der Waals surface area contributed by atoms with Crippen molar-refractivity contribution < 1.29 is 28.2 Å². The van der Waals surface area contributed by atoms with E-state index >= 15 is 0 Å². The maximum Gasteiger partial charge on any atom is 0.245 e. The summed E-state index contributed by atoms with van der Waals surface area (Å²) in [5.74, 6) is 1.50. The van der Waals surface area contributed by atoms with Gasteiger partial charge >= 0.3 is 0 Å². The molecule has 0 aliphatic rings. The summed E-state index contributed by atoms with van der Waals surface area (Å²) in [6, 6.07) is 79.4. The molecule has 18 heteroatoms. The lowest BCUT2D eigenvalue weighted by Crippen LogP contribution is -2.53. The first-order chi connectivity index (χ1) is 44.5. The van der Waals surface area contributed by atoms with Crippen molar-refractivity contribution in [3.05, 3.63) is 313 Å². The van der Waals surface area contributed by atoms with Crippen molar-refractivity contribution in [3.8, 4) is 11.5 Å². The average molecular weight is 1250 g/mol. The van der Waals surface area contributed by atoms with E-state index in [0.717, 1.165) is 106 Å². The molecule has 0 atom stereocenters. The summed E-state index contributed by atoms with van der Waals surface area (Å²) >= 11 is 6.70. The third-order valence-electron chi connectivity index (χ3n) is 15.1. The van der Waals surface area contributed by atoms with Gasteiger partial charge < -0.3 is 9.47 Å². The number of hydrogen-bond donors (Lipinski definition) is 0. The quantitative estimate of drug-likeness (QED) is 0.0610. The van der Waals surface area contributed by atoms with E-state index in [1.54, 1.807) is 45.3 Å². The lowest BCUT2D eigenvalue weighted by Gasteiger charge is -2.19. The molecular weight excluding hydrogens is 1190 g/mol. The van der Waals surface area contributed by atoms with Crippen molar-refractivity contribution >= 4 is 107 Å². The van der Waals surface area contributed by atoms with Gasteiger partial charge in [-0.05, 0) is 112 Å². The van der Waals surface area contributed by atoms with Crippen molar-refractivity contribution in [1.82, 2.24) is 19.9 Å². The molecule has 14 nitrogen and oxygen atoms in total. The molecule has 15 rings (SSSR count). The number of benzene rings is 7. The molecule has 0 saturated carbocycles. The Bertz CT molecular complexity index is 4220. The number of pyridine rings is 4. The molecule has 0 fully saturated rings. The summed E-state index contributed by atoms with van der Waals surface area (Å²) in [5.41, 5.74) is 10.1. The topological polar surface area (TPSA) is 98.5 Å². The van der Waals surface area contributed by atoms with Gasteiger partial charge in [-0.1, -0.05) is 167 Å². The van der Waals surface area contributed by atoms with E-state index in [9.17, 15) is 0 Å². The summed E-state index contributed by atoms with van der Waals surface area (Å²) in [4.78, 5) is 20.6. The van der Waals surface area contributed by atoms with E-state index in [1.807, 2.05) is 97.1 Å². The number of fused-ring (bicyclic) bond motifs is 4. The molecule has 15 aromatic rings.